The number of methoxy groups -OCH3 is 1. The highest BCUT2D eigenvalue weighted by Gasteiger charge is 2.13. The van der Waals surface area contributed by atoms with Gasteiger partial charge in [-0.2, -0.15) is 5.10 Å². The van der Waals surface area contributed by atoms with Crippen LogP contribution in [-0.4, -0.2) is 35.3 Å². The van der Waals surface area contributed by atoms with E-state index in [4.69, 9.17) is 8.85 Å². The third-order valence-corrected chi connectivity index (χ3v) is 3.62. The molecular formula is C16H21N3O. The predicted octanol–water partition coefficient (Wildman–Crippen LogP) is 2.07. The number of hydrogen-bond acceptors (Lipinski definition) is 3. The van der Waals surface area contributed by atoms with Gasteiger partial charge in [-0.25, -0.2) is 0 Å². The van der Waals surface area contributed by atoms with Crippen molar-refractivity contribution in [3.63, 3.8) is 0 Å². The summed E-state index contributed by atoms with van der Waals surface area (Å²) in [4.78, 5) is 1.56. The number of hydrogen-bond donors (Lipinski definition) is 0. The highest BCUT2D eigenvalue weighted by atomic mass is 16.5. The van der Waals surface area contributed by atoms with Crippen molar-refractivity contribution in [2.24, 2.45) is 0 Å². The molecule has 2 heterocycles. The summed E-state index contributed by atoms with van der Waals surface area (Å²) in [6.45, 7) is 0.219. The van der Waals surface area contributed by atoms with E-state index in [1.165, 1.54) is 5.56 Å². The molecule has 4 nitrogen and oxygen atoms in total. The summed E-state index contributed by atoms with van der Waals surface area (Å²) < 4.78 is 29.7. The van der Waals surface area contributed by atoms with Crippen molar-refractivity contribution >= 4 is 0 Å². The minimum atomic E-state index is -2.02. The predicted molar refractivity (Wildman–Crippen MR) is 78.5 cm³/mol. The molecule has 4 heteroatoms. The Morgan fingerprint density at radius 3 is 3.15 bits per heavy atom. The number of likely N-dealkylation sites (N-methyl/N-ethyl adjacent to an activating group) is 1. The first-order chi connectivity index (χ1) is 11.0. The highest BCUT2D eigenvalue weighted by molar-refractivity contribution is 5.33. The molecule has 0 amide bonds. The monoisotopic (exact) mass is 274 g/mol. The molecule has 1 aliphatic heterocycles. The second-order valence-electron chi connectivity index (χ2n) is 5.21. The Labute approximate surface area is 124 Å². The van der Waals surface area contributed by atoms with Gasteiger partial charge in [0.1, 0.15) is 0 Å². The van der Waals surface area contributed by atoms with Gasteiger partial charge in [-0.05, 0) is 36.2 Å². The van der Waals surface area contributed by atoms with Gasteiger partial charge in [0, 0.05) is 30.5 Å². The van der Waals surface area contributed by atoms with Crippen LogP contribution in [0.25, 0.3) is 0 Å². The van der Waals surface area contributed by atoms with Crippen LogP contribution in [0.4, 0.5) is 0 Å². The van der Waals surface area contributed by atoms with Crippen LogP contribution in [0, 0.1) is 0 Å². The molecule has 0 saturated carbocycles. The number of aromatic nitrogens is 2. The average molecular weight is 274 g/mol. The first-order valence-electron chi connectivity index (χ1n) is 8.33. The first-order valence-corrected chi connectivity index (χ1v) is 6.83. The lowest BCUT2D eigenvalue weighted by Crippen LogP contribution is -2.26. The van der Waals surface area contributed by atoms with Crippen LogP contribution < -0.4 is 0 Å². The largest absolute Gasteiger partial charge is 0.378 e. The summed E-state index contributed by atoms with van der Waals surface area (Å²) in [5.41, 5.74) is 4.38. The molecule has 1 aromatic carbocycles. The summed E-state index contributed by atoms with van der Waals surface area (Å²) in [5.74, 6) is 0. The Bertz CT molecular complexity index is 681. The van der Waals surface area contributed by atoms with Crippen molar-refractivity contribution in [2.75, 3.05) is 20.6 Å². The molecule has 0 saturated heterocycles. The van der Waals surface area contributed by atoms with Gasteiger partial charge in [-0.15, -0.1) is 0 Å². The second kappa shape index (κ2) is 5.77. The fraction of sp³-hybridized carbons (Fsp3) is 0.438. The molecule has 0 atom stereocenters. The molecular weight excluding hydrogens is 250 g/mol. The van der Waals surface area contributed by atoms with E-state index in [1.54, 1.807) is 12.0 Å². The van der Waals surface area contributed by atoms with Crippen LogP contribution in [-0.2, 0) is 30.9 Å². The van der Waals surface area contributed by atoms with E-state index in [9.17, 15) is 0 Å². The normalized spacial score (nSPS) is 18.1. The van der Waals surface area contributed by atoms with Gasteiger partial charge in [0.15, 0.2) is 0 Å². The molecule has 20 heavy (non-hydrogen) atoms. The van der Waals surface area contributed by atoms with E-state index in [2.05, 4.69) is 23.3 Å². The number of nitrogens with zero attached hydrogens (tertiary/aromatic N) is 3. The van der Waals surface area contributed by atoms with E-state index >= 15 is 0 Å². The van der Waals surface area contributed by atoms with Crippen LogP contribution in [0.5, 0.6) is 0 Å². The van der Waals surface area contributed by atoms with E-state index in [0.29, 0.717) is 26.2 Å². The molecule has 1 aromatic heterocycles. The maximum absolute atomic E-state index is 7.58. The van der Waals surface area contributed by atoms with Gasteiger partial charge in [0.05, 0.1) is 18.8 Å². The molecule has 0 unspecified atom stereocenters. The van der Waals surface area contributed by atoms with E-state index in [1.807, 2.05) is 16.9 Å². The molecule has 106 valence electrons. The van der Waals surface area contributed by atoms with Gasteiger partial charge < -0.3 is 9.64 Å². The summed E-state index contributed by atoms with van der Waals surface area (Å²) in [7, 11) is 1.65. The fourth-order valence-electron chi connectivity index (χ4n) is 2.61. The standard InChI is InChI=1S/C16H21N3O/c1-18-7-5-14-4-3-13(9-15(14)11-18)10-19-8-6-16(17-19)12-20-2/h3-4,6,8-9H,5,7,10-12H2,1-2H3/i1D3. The summed E-state index contributed by atoms with van der Waals surface area (Å²) >= 11 is 0. The Morgan fingerprint density at radius 2 is 2.30 bits per heavy atom. The fourth-order valence-corrected chi connectivity index (χ4v) is 2.61. The van der Waals surface area contributed by atoms with Crippen LogP contribution in [0.1, 0.15) is 26.5 Å². The van der Waals surface area contributed by atoms with Gasteiger partial charge >= 0.3 is 0 Å². The van der Waals surface area contributed by atoms with E-state index in [-0.39, 0.29) is 0 Å². The van der Waals surface area contributed by atoms with Crippen LogP contribution in [0.15, 0.2) is 30.5 Å². The Balaban J connectivity index is 1.75. The second-order valence-corrected chi connectivity index (χ2v) is 5.21. The molecule has 2 aromatic rings. The number of ether oxygens (including phenoxy) is 1. The van der Waals surface area contributed by atoms with Crippen LogP contribution in [0.3, 0.4) is 0 Å². The van der Waals surface area contributed by atoms with Gasteiger partial charge in [0.25, 0.3) is 0 Å². The van der Waals surface area contributed by atoms with Crippen LogP contribution >= 0.6 is 0 Å². The van der Waals surface area contributed by atoms with Crippen LogP contribution in [0.2, 0.25) is 0 Å². The molecule has 0 spiro atoms. The quantitative estimate of drug-likeness (QED) is 0.855. The summed E-state index contributed by atoms with van der Waals surface area (Å²) in [5, 5.41) is 4.45. The number of fused-ring (bicyclic) bond motifs is 1. The lowest BCUT2D eigenvalue weighted by Gasteiger charge is -2.25. The minimum Gasteiger partial charge on any atom is -0.378 e. The maximum atomic E-state index is 7.58. The zero-order chi connectivity index (χ0) is 16.4. The Hall–Kier alpha value is -1.65. The average Bonchev–Trinajstić information content (AvgIpc) is 2.93. The first kappa shape index (κ1) is 10.1. The van der Waals surface area contributed by atoms with Gasteiger partial charge in [0.2, 0.25) is 0 Å². The minimum absolute atomic E-state index is 0.480. The lowest BCUT2D eigenvalue weighted by atomic mass is 9.98. The molecule has 1 aliphatic rings. The van der Waals surface area contributed by atoms with Crippen molar-refractivity contribution in [1.29, 1.82) is 0 Å². The number of benzene rings is 1. The topological polar surface area (TPSA) is 30.3 Å². The Morgan fingerprint density at radius 1 is 1.35 bits per heavy atom. The molecule has 0 fully saturated rings. The van der Waals surface area contributed by atoms with Crippen molar-refractivity contribution in [3.05, 3.63) is 52.8 Å². The van der Waals surface area contributed by atoms with Crippen molar-refractivity contribution in [2.45, 2.75) is 26.1 Å². The lowest BCUT2D eigenvalue weighted by molar-refractivity contribution is 0.181. The van der Waals surface area contributed by atoms with E-state index < -0.39 is 6.98 Å². The SMILES string of the molecule is [2H]C([2H])([2H])N1CCc2ccc(Cn3ccc(COC)n3)cc2C1. The molecule has 0 N–H and O–H groups in total. The molecule has 0 aliphatic carbocycles. The zero-order valence-electron chi connectivity index (χ0n) is 14.7. The summed E-state index contributed by atoms with van der Waals surface area (Å²) in [6, 6.07) is 8.26. The zero-order valence-corrected chi connectivity index (χ0v) is 11.7. The molecule has 3 rings (SSSR count). The van der Waals surface area contributed by atoms with Crippen molar-refractivity contribution in [3.8, 4) is 0 Å². The summed E-state index contributed by atoms with van der Waals surface area (Å²) in [6.07, 6.45) is 2.72. The highest BCUT2D eigenvalue weighted by Crippen LogP contribution is 2.19. The third-order valence-electron chi connectivity index (χ3n) is 3.62. The number of rotatable bonds is 4. The molecule has 0 radical (unpaired) electrons. The van der Waals surface area contributed by atoms with E-state index in [0.717, 1.165) is 23.2 Å². The smallest absolute Gasteiger partial charge is 0.0902 e. The van der Waals surface area contributed by atoms with Crippen molar-refractivity contribution in [1.82, 2.24) is 14.7 Å². The van der Waals surface area contributed by atoms with Crippen molar-refractivity contribution < 1.29 is 8.85 Å². The van der Waals surface area contributed by atoms with Gasteiger partial charge in [-0.1, -0.05) is 18.2 Å². The third kappa shape index (κ3) is 2.92. The Kier molecular flexibility index (Phi) is 2.92. The maximum Gasteiger partial charge on any atom is 0.0902 e. The molecule has 0 bridgehead atoms. The van der Waals surface area contributed by atoms with Gasteiger partial charge in [-0.3, -0.25) is 4.68 Å².